The molecule has 0 radical (unpaired) electrons. The normalized spacial score (nSPS) is 10.1. The topological polar surface area (TPSA) is 46.9 Å². The van der Waals surface area contributed by atoms with Crippen LogP contribution in [0.15, 0.2) is 36.7 Å². The number of rotatable bonds is 2. The zero-order valence-electron chi connectivity index (χ0n) is 9.27. The summed E-state index contributed by atoms with van der Waals surface area (Å²) in [5, 5.41) is 2.76. The minimum Gasteiger partial charge on any atom is -0.347 e. The first-order valence-corrected chi connectivity index (χ1v) is 5.02. The van der Waals surface area contributed by atoms with E-state index >= 15 is 0 Å². The molecule has 0 aliphatic rings. The van der Waals surface area contributed by atoms with Gasteiger partial charge in [0.15, 0.2) is 0 Å². The second kappa shape index (κ2) is 4.18. The van der Waals surface area contributed by atoms with Crippen molar-refractivity contribution >= 4 is 11.7 Å². The van der Waals surface area contributed by atoms with E-state index in [0.29, 0.717) is 11.5 Å². The van der Waals surface area contributed by atoms with Crippen LogP contribution in [-0.2, 0) is 7.05 Å². The molecule has 0 unspecified atom stereocenters. The fourth-order valence-corrected chi connectivity index (χ4v) is 1.48. The van der Waals surface area contributed by atoms with E-state index in [2.05, 4.69) is 10.3 Å². The number of hydrogen-bond acceptors (Lipinski definition) is 2. The Hall–Kier alpha value is -2.10. The number of aryl methyl sites for hydroxylation is 2. The SMILES string of the molecule is Cc1ccnc(NC(=O)c2cccn2C)c1. The lowest BCUT2D eigenvalue weighted by atomic mass is 10.3. The number of anilines is 1. The highest BCUT2D eigenvalue weighted by atomic mass is 16.2. The average Bonchev–Trinajstić information content (AvgIpc) is 2.64. The largest absolute Gasteiger partial charge is 0.347 e. The molecule has 1 N–H and O–H groups in total. The summed E-state index contributed by atoms with van der Waals surface area (Å²) < 4.78 is 1.77. The molecule has 4 heteroatoms. The summed E-state index contributed by atoms with van der Waals surface area (Å²) in [6.07, 6.45) is 3.51. The van der Waals surface area contributed by atoms with Gasteiger partial charge in [-0.3, -0.25) is 4.79 Å². The predicted molar refractivity (Wildman–Crippen MR) is 62.3 cm³/mol. The smallest absolute Gasteiger partial charge is 0.273 e. The molecule has 0 aliphatic carbocycles. The third-order valence-corrected chi connectivity index (χ3v) is 2.33. The maximum Gasteiger partial charge on any atom is 0.273 e. The van der Waals surface area contributed by atoms with E-state index in [1.54, 1.807) is 16.8 Å². The predicted octanol–water partition coefficient (Wildman–Crippen LogP) is 1.98. The first-order chi connectivity index (χ1) is 7.66. The maximum atomic E-state index is 11.8. The van der Waals surface area contributed by atoms with Gasteiger partial charge in [-0.05, 0) is 36.8 Å². The standard InChI is InChI=1S/C12H13N3O/c1-9-5-6-13-11(8-9)14-12(16)10-4-3-7-15(10)2/h3-8H,1-2H3,(H,13,14,16). The molecule has 0 bridgehead atoms. The van der Waals surface area contributed by atoms with Gasteiger partial charge in [0.05, 0.1) is 0 Å². The molecule has 4 nitrogen and oxygen atoms in total. The van der Waals surface area contributed by atoms with Crippen LogP contribution in [0.1, 0.15) is 16.1 Å². The van der Waals surface area contributed by atoms with E-state index in [9.17, 15) is 4.79 Å². The summed E-state index contributed by atoms with van der Waals surface area (Å²) in [5.41, 5.74) is 1.68. The third-order valence-electron chi connectivity index (χ3n) is 2.33. The molecule has 0 aliphatic heterocycles. The Balaban J connectivity index is 2.17. The number of aromatic nitrogens is 2. The van der Waals surface area contributed by atoms with Crippen LogP contribution >= 0.6 is 0 Å². The van der Waals surface area contributed by atoms with Crippen molar-refractivity contribution in [3.05, 3.63) is 47.9 Å². The molecule has 0 saturated carbocycles. The van der Waals surface area contributed by atoms with E-state index in [-0.39, 0.29) is 5.91 Å². The lowest BCUT2D eigenvalue weighted by molar-refractivity contribution is 0.101. The van der Waals surface area contributed by atoms with Crippen LogP contribution in [0, 0.1) is 6.92 Å². The van der Waals surface area contributed by atoms with Gasteiger partial charge < -0.3 is 9.88 Å². The Morgan fingerprint density at radius 2 is 2.25 bits per heavy atom. The van der Waals surface area contributed by atoms with Crippen LogP contribution in [0.3, 0.4) is 0 Å². The molecule has 0 atom stereocenters. The van der Waals surface area contributed by atoms with Gasteiger partial charge in [-0.15, -0.1) is 0 Å². The number of carbonyl (C=O) groups is 1. The number of nitrogens with zero attached hydrogens (tertiary/aromatic N) is 2. The summed E-state index contributed by atoms with van der Waals surface area (Å²) in [5.74, 6) is 0.428. The minimum absolute atomic E-state index is 0.148. The number of hydrogen-bond donors (Lipinski definition) is 1. The monoisotopic (exact) mass is 215 g/mol. The van der Waals surface area contributed by atoms with Gasteiger partial charge in [-0.1, -0.05) is 0 Å². The molecule has 2 aromatic rings. The Labute approximate surface area is 93.9 Å². The molecular formula is C12H13N3O. The first kappa shape index (κ1) is 10.4. The number of pyridine rings is 1. The Morgan fingerprint density at radius 3 is 2.88 bits per heavy atom. The van der Waals surface area contributed by atoms with Crippen molar-refractivity contribution in [3.8, 4) is 0 Å². The molecule has 0 spiro atoms. The molecule has 0 fully saturated rings. The van der Waals surface area contributed by atoms with Crippen LogP contribution < -0.4 is 5.32 Å². The lowest BCUT2D eigenvalue weighted by Crippen LogP contribution is -2.16. The number of carbonyl (C=O) groups excluding carboxylic acids is 1. The minimum atomic E-state index is -0.148. The Kier molecular flexibility index (Phi) is 2.72. The van der Waals surface area contributed by atoms with Crippen LogP contribution in [0.2, 0.25) is 0 Å². The van der Waals surface area contributed by atoms with E-state index < -0.39 is 0 Å². The number of amides is 1. The second-order valence-corrected chi connectivity index (χ2v) is 3.68. The van der Waals surface area contributed by atoms with Crippen molar-refractivity contribution < 1.29 is 4.79 Å². The van der Waals surface area contributed by atoms with Crippen molar-refractivity contribution in [1.82, 2.24) is 9.55 Å². The van der Waals surface area contributed by atoms with Crippen LogP contribution in [0.5, 0.6) is 0 Å². The molecule has 2 heterocycles. The van der Waals surface area contributed by atoms with Gasteiger partial charge in [0.1, 0.15) is 11.5 Å². The zero-order valence-corrected chi connectivity index (χ0v) is 9.27. The van der Waals surface area contributed by atoms with E-state index in [4.69, 9.17) is 0 Å². The fourth-order valence-electron chi connectivity index (χ4n) is 1.48. The van der Waals surface area contributed by atoms with E-state index in [1.165, 1.54) is 0 Å². The van der Waals surface area contributed by atoms with Crippen molar-refractivity contribution in [2.45, 2.75) is 6.92 Å². The fraction of sp³-hybridized carbons (Fsp3) is 0.167. The van der Waals surface area contributed by atoms with Crippen molar-refractivity contribution in [3.63, 3.8) is 0 Å². The van der Waals surface area contributed by atoms with E-state index in [0.717, 1.165) is 5.56 Å². The van der Waals surface area contributed by atoms with Crippen molar-refractivity contribution in [2.24, 2.45) is 7.05 Å². The third kappa shape index (κ3) is 2.11. The lowest BCUT2D eigenvalue weighted by Gasteiger charge is -2.05. The Morgan fingerprint density at radius 1 is 1.44 bits per heavy atom. The maximum absolute atomic E-state index is 11.8. The Bertz CT molecular complexity index is 516. The van der Waals surface area contributed by atoms with Crippen LogP contribution in [0.25, 0.3) is 0 Å². The zero-order chi connectivity index (χ0) is 11.5. The molecule has 82 valence electrons. The summed E-state index contributed by atoms with van der Waals surface area (Å²) in [6.45, 7) is 1.96. The molecule has 16 heavy (non-hydrogen) atoms. The quantitative estimate of drug-likeness (QED) is 0.832. The first-order valence-electron chi connectivity index (χ1n) is 5.02. The van der Waals surface area contributed by atoms with Gasteiger partial charge in [0.25, 0.3) is 5.91 Å². The van der Waals surface area contributed by atoms with Gasteiger partial charge in [0, 0.05) is 19.4 Å². The van der Waals surface area contributed by atoms with Crippen LogP contribution in [-0.4, -0.2) is 15.5 Å². The average molecular weight is 215 g/mol. The van der Waals surface area contributed by atoms with E-state index in [1.807, 2.05) is 38.4 Å². The highest BCUT2D eigenvalue weighted by molar-refractivity contribution is 6.02. The van der Waals surface area contributed by atoms with Gasteiger partial charge in [-0.25, -0.2) is 4.98 Å². The van der Waals surface area contributed by atoms with Gasteiger partial charge in [0.2, 0.25) is 0 Å². The molecular weight excluding hydrogens is 202 g/mol. The second-order valence-electron chi connectivity index (χ2n) is 3.68. The molecule has 2 aromatic heterocycles. The number of nitrogens with one attached hydrogen (secondary N) is 1. The van der Waals surface area contributed by atoms with Gasteiger partial charge in [-0.2, -0.15) is 0 Å². The summed E-state index contributed by atoms with van der Waals surface area (Å²) >= 11 is 0. The van der Waals surface area contributed by atoms with Crippen molar-refractivity contribution in [1.29, 1.82) is 0 Å². The summed E-state index contributed by atoms with van der Waals surface area (Å²) in [4.78, 5) is 15.9. The highest BCUT2D eigenvalue weighted by Crippen LogP contribution is 2.08. The molecule has 2 rings (SSSR count). The highest BCUT2D eigenvalue weighted by Gasteiger charge is 2.09. The summed E-state index contributed by atoms with van der Waals surface area (Å²) in [7, 11) is 1.83. The summed E-state index contributed by atoms with van der Waals surface area (Å²) in [6, 6.07) is 7.32. The molecule has 1 amide bonds. The van der Waals surface area contributed by atoms with Crippen molar-refractivity contribution in [2.75, 3.05) is 5.32 Å². The molecule has 0 aromatic carbocycles. The van der Waals surface area contributed by atoms with Crippen LogP contribution in [0.4, 0.5) is 5.82 Å². The molecule has 0 saturated heterocycles. The van der Waals surface area contributed by atoms with Gasteiger partial charge >= 0.3 is 0 Å².